The molecule has 3 heterocycles. The molecule has 16 heteroatoms. The third kappa shape index (κ3) is 6.14. The molecule has 2 aliphatic heterocycles. The number of amides is 2. The van der Waals surface area contributed by atoms with Crippen LogP contribution >= 0.6 is 23.5 Å². The molecule has 1 unspecified atom stereocenters. The smallest absolute Gasteiger partial charge is 0.543 e. The molecule has 1 aromatic carbocycles. The summed E-state index contributed by atoms with van der Waals surface area (Å²) in [5, 5.41) is 44.2. The molecule has 0 bridgehead atoms. The number of aromatic amines is 1. The van der Waals surface area contributed by atoms with Gasteiger partial charge in [0.1, 0.15) is 22.1 Å². The van der Waals surface area contributed by atoms with Crippen LogP contribution in [0.3, 0.4) is 0 Å². The monoisotopic (exact) mass is 535 g/mol. The largest absolute Gasteiger partial charge is 1.00 e. The number of carbonyl (C=O) groups is 4. The summed E-state index contributed by atoms with van der Waals surface area (Å²) in [6.07, 6.45) is -1.48. The molecule has 172 valence electrons. The van der Waals surface area contributed by atoms with Gasteiger partial charge >= 0.3 is 59.1 Å². The number of carbonyl (C=O) groups excluding carboxylic acids is 4. The molecular weight excluding hydrogens is 520 g/mol. The van der Waals surface area contributed by atoms with E-state index in [4.69, 9.17) is 0 Å². The molecule has 12 nitrogen and oxygen atoms in total. The Balaban J connectivity index is 0.00000216. The molecule has 2 amide bonds. The summed E-state index contributed by atoms with van der Waals surface area (Å²) < 4.78 is 0. The zero-order chi connectivity index (χ0) is 23.7. The molecule has 2 aliphatic rings. The van der Waals surface area contributed by atoms with Crippen LogP contribution in [0.2, 0.25) is 0 Å². The number of H-pyrrole nitrogens is 1. The summed E-state index contributed by atoms with van der Waals surface area (Å²) >= 11 is 2.15. The number of benzene rings is 1. The second-order valence-corrected chi connectivity index (χ2v) is 9.07. The molecule has 35 heavy (non-hydrogen) atoms. The van der Waals surface area contributed by atoms with Crippen molar-refractivity contribution in [3.63, 3.8) is 0 Å². The zero-order valence-electron chi connectivity index (χ0n) is 18.6. The number of rotatable bonds is 8. The van der Waals surface area contributed by atoms with Gasteiger partial charge in [-0.15, -0.1) is 16.9 Å². The molecule has 1 fully saturated rings. The van der Waals surface area contributed by atoms with Gasteiger partial charge in [-0.25, -0.2) is 0 Å². The predicted molar refractivity (Wildman–Crippen MR) is 110 cm³/mol. The van der Waals surface area contributed by atoms with Crippen LogP contribution in [0.25, 0.3) is 0 Å². The maximum Gasteiger partial charge on any atom is 1.00 e. The van der Waals surface area contributed by atoms with E-state index in [1.807, 2.05) is 0 Å². The molecule has 2 aromatic rings. The zero-order valence-corrected chi connectivity index (χ0v) is 24.2. The minimum atomic E-state index is -1.57. The van der Waals surface area contributed by atoms with Crippen molar-refractivity contribution in [2.24, 2.45) is 0 Å². The molecule has 1 aromatic heterocycles. The number of aromatic nitrogens is 3. The first-order valence-electron chi connectivity index (χ1n) is 9.46. The first-order chi connectivity index (χ1) is 15.8. The molecule has 0 spiro atoms. The minimum absolute atomic E-state index is 0. The summed E-state index contributed by atoms with van der Waals surface area (Å²) in [5.74, 6) is -4.33. The number of nitrogens with zero attached hydrogens (tertiary/aromatic N) is 3. The Morgan fingerprint density at radius 2 is 1.89 bits per heavy atom. The van der Waals surface area contributed by atoms with Crippen molar-refractivity contribution in [1.82, 2.24) is 25.6 Å². The number of nitrogens with one attached hydrogen (secondary N) is 2. The van der Waals surface area contributed by atoms with E-state index in [2.05, 4.69) is 20.7 Å². The van der Waals surface area contributed by atoms with Crippen LogP contribution in [0.1, 0.15) is 22.2 Å². The fraction of sp³-hybridized carbons (Fsp3) is 0.263. The molecule has 0 aliphatic carbocycles. The number of aliphatic hydroxyl groups excluding tert-OH is 1. The number of aliphatic carboxylic acids is 1. The van der Waals surface area contributed by atoms with E-state index >= 15 is 0 Å². The van der Waals surface area contributed by atoms with Crippen LogP contribution in [-0.4, -0.2) is 72.1 Å². The SMILES string of the molecule is O=C([O-])C1=C(CSc2n[nH]nc2C(=O)[O-])CS[C@@H]2C(NC(=O)[C@H](O)c3ccccc3)C(=O)N12.[Na+].[Na+]. The van der Waals surface area contributed by atoms with Crippen molar-refractivity contribution in [2.45, 2.75) is 22.5 Å². The molecule has 1 saturated heterocycles. The molecule has 0 radical (unpaired) electrons. The van der Waals surface area contributed by atoms with Gasteiger partial charge in [-0.05, 0) is 11.1 Å². The standard InChI is InChI=1S/C19H17N5O7S2.2Na/c25-13(8-4-2-1-3-5-8)14(26)20-11-16(27)24-12(19(30)31)9(7-33-17(11)24)6-32-15-10(18(28)29)21-23-22-15;;/h1-5,11,13,17,25H,6-7H2,(H,20,26)(H,28,29)(H,30,31)(H,21,22,23);;/q;2*+1/p-2/t11?,13-,17-;;/m1../s1. The quantitative estimate of drug-likeness (QED) is 0.165. The van der Waals surface area contributed by atoms with Crippen molar-refractivity contribution < 1.29 is 93.6 Å². The van der Waals surface area contributed by atoms with E-state index in [-0.39, 0.29) is 81.3 Å². The van der Waals surface area contributed by atoms with Crippen LogP contribution in [-0.2, 0) is 14.4 Å². The first-order valence-corrected chi connectivity index (χ1v) is 11.5. The van der Waals surface area contributed by atoms with Gasteiger partial charge in [0.2, 0.25) is 0 Å². The van der Waals surface area contributed by atoms with E-state index in [0.29, 0.717) is 11.1 Å². The van der Waals surface area contributed by atoms with Crippen LogP contribution in [0.5, 0.6) is 0 Å². The molecule has 4 rings (SSSR count). The van der Waals surface area contributed by atoms with Gasteiger partial charge in [0.05, 0.1) is 17.6 Å². The molecule has 0 saturated carbocycles. The van der Waals surface area contributed by atoms with Crippen molar-refractivity contribution in [3.8, 4) is 0 Å². The third-order valence-corrected chi connectivity index (χ3v) is 7.38. The van der Waals surface area contributed by atoms with E-state index in [1.165, 1.54) is 11.8 Å². The van der Waals surface area contributed by atoms with Gasteiger partial charge < -0.3 is 30.2 Å². The summed E-state index contributed by atoms with van der Waals surface area (Å²) in [4.78, 5) is 49.0. The van der Waals surface area contributed by atoms with E-state index in [0.717, 1.165) is 16.7 Å². The van der Waals surface area contributed by atoms with Crippen LogP contribution < -0.4 is 74.6 Å². The second-order valence-electron chi connectivity index (χ2n) is 7.00. The van der Waals surface area contributed by atoms with Gasteiger partial charge in [0.15, 0.2) is 6.10 Å². The Kier molecular flexibility index (Phi) is 10.9. The Hall–Kier alpha value is -1.36. The number of hydrogen-bond donors (Lipinski definition) is 3. The number of fused-ring (bicyclic) bond motifs is 1. The Morgan fingerprint density at radius 1 is 1.20 bits per heavy atom. The van der Waals surface area contributed by atoms with Crippen LogP contribution in [0.15, 0.2) is 46.6 Å². The van der Waals surface area contributed by atoms with E-state index in [9.17, 15) is 34.5 Å². The number of thioether (sulfide) groups is 2. The van der Waals surface area contributed by atoms with Crippen molar-refractivity contribution in [3.05, 3.63) is 52.9 Å². The predicted octanol–water partition coefficient (Wildman–Crippen LogP) is -8.59. The maximum absolute atomic E-state index is 12.7. The van der Waals surface area contributed by atoms with Crippen LogP contribution in [0, 0.1) is 0 Å². The van der Waals surface area contributed by atoms with E-state index in [1.54, 1.807) is 30.3 Å². The van der Waals surface area contributed by atoms with Crippen molar-refractivity contribution >= 4 is 47.3 Å². The normalized spacial score (nSPS) is 19.5. The van der Waals surface area contributed by atoms with Crippen molar-refractivity contribution in [1.29, 1.82) is 0 Å². The average molecular weight is 535 g/mol. The number of carboxylic acid groups (broad SMARTS) is 2. The fourth-order valence-corrected chi connectivity index (χ4v) is 5.81. The third-order valence-electron chi connectivity index (χ3n) is 4.99. The number of β-lactam (4-membered cyclic amide) rings is 1. The summed E-state index contributed by atoms with van der Waals surface area (Å²) in [6.45, 7) is 0. The first kappa shape index (κ1) is 29.9. The summed E-state index contributed by atoms with van der Waals surface area (Å²) in [5.41, 5.74) is -0.0510. The van der Waals surface area contributed by atoms with Gasteiger partial charge in [0.25, 0.3) is 11.8 Å². The van der Waals surface area contributed by atoms with Gasteiger partial charge in [-0.2, -0.15) is 10.3 Å². The van der Waals surface area contributed by atoms with Gasteiger partial charge in [-0.1, -0.05) is 42.1 Å². The Labute approximate surface area is 251 Å². The topological polar surface area (TPSA) is 191 Å². The summed E-state index contributed by atoms with van der Waals surface area (Å²) in [6, 6.07) is 7.16. The van der Waals surface area contributed by atoms with Crippen molar-refractivity contribution in [2.75, 3.05) is 11.5 Å². The van der Waals surface area contributed by atoms with Crippen LogP contribution in [0.4, 0.5) is 0 Å². The summed E-state index contributed by atoms with van der Waals surface area (Å²) in [7, 11) is 0. The van der Waals surface area contributed by atoms with Gasteiger partial charge in [-0.3, -0.25) is 14.5 Å². The van der Waals surface area contributed by atoms with Gasteiger partial charge in [0, 0.05) is 11.5 Å². The Bertz CT molecular complexity index is 1160. The number of aliphatic hydroxyl groups is 1. The maximum atomic E-state index is 12.7. The molecule has 3 N–H and O–H groups in total. The average Bonchev–Trinajstić information content (AvgIpc) is 3.29. The number of aromatic carboxylic acids is 1. The minimum Gasteiger partial charge on any atom is -0.543 e. The van der Waals surface area contributed by atoms with E-state index < -0.39 is 47.0 Å². The Morgan fingerprint density at radius 3 is 2.51 bits per heavy atom. The molecular formula is C19H15N5Na2O7S2. The second kappa shape index (κ2) is 12.7. The number of hydrogen-bond acceptors (Lipinski definition) is 11. The molecule has 3 atom stereocenters. The fourth-order valence-electron chi connectivity index (χ4n) is 3.41. The number of carboxylic acids is 2.